The van der Waals surface area contributed by atoms with E-state index in [2.05, 4.69) is 229 Å². The molecule has 1 atom stereocenters. The van der Waals surface area contributed by atoms with E-state index in [4.69, 9.17) is 4.98 Å². The van der Waals surface area contributed by atoms with E-state index < -0.39 is 10.0 Å². The first-order valence-electron chi connectivity index (χ1n) is 43.3. The number of benzene rings is 6. The van der Waals surface area contributed by atoms with Crippen LogP contribution in [0, 0.1) is 65.6 Å². The zero-order chi connectivity index (χ0) is 95.0. The SMILES string of the molecule is C=CC(=O)Nc1ccc2ncn(-c3cncc(Cc4ccc(C)cc4)n3)c2c1.C=CS(=O)(=O)Nc1ccc2ncn(-c3cncc(CC(C)(C)C)n3)c2c1.CC#CC(=O)Nc1ccc2ncn(-c3cc(CC(CO)C(C)C)ncn3)c2c1.CC#CC(=O)Nc1ccc2ncn(-c3cc(CCC4CC4)ncn3)c2c1.CC#CC(=O)Nc1ccc2ncn(-c3cc(N(CC)CC)ncn3)c2c1. The van der Waals surface area contributed by atoms with Crippen LogP contribution >= 0.6 is 0 Å². The Morgan fingerprint density at radius 2 is 0.903 bits per heavy atom. The monoisotopic (exact) mass is 1810 g/mol. The average Bonchev–Trinajstić information content (AvgIpc) is 1.67. The second-order valence-electron chi connectivity index (χ2n) is 32.7. The number of nitrogens with zero attached hydrogens (tertiary/aromatic N) is 21. The summed E-state index contributed by atoms with van der Waals surface area (Å²) in [4.78, 5) is 115. The van der Waals surface area contributed by atoms with Crippen molar-refractivity contribution in [2.45, 2.75) is 121 Å². The zero-order valence-electron chi connectivity index (χ0n) is 76.2. The number of aliphatic hydroxyl groups excluding tert-OH is 1. The maximum atomic E-state index is 11.7. The lowest BCUT2D eigenvalue weighted by atomic mass is 9.91. The van der Waals surface area contributed by atoms with Gasteiger partial charge in [0, 0.05) is 96.3 Å². The molecule has 4 amide bonds. The molecule has 0 saturated heterocycles. The summed E-state index contributed by atoms with van der Waals surface area (Å²) in [6.45, 7) is 30.4. The number of imidazole rings is 5. The number of fused-ring (bicyclic) bond motifs is 5. The van der Waals surface area contributed by atoms with Crippen molar-refractivity contribution in [3.05, 3.63) is 267 Å². The minimum Gasteiger partial charge on any atom is -0.396 e. The Bertz CT molecular complexity index is 7290. The molecule has 10 aromatic heterocycles. The van der Waals surface area contributed by atoms with Gasteiger partial charge < -0.3 is 31.3 Å². The van der Waals surface area contributed by atoms with E-state index >= 15 is 0 Å². The third-order valence-electron chi connectivity index (χ3n) is 21.3. The highest BCUT2D eigenvalue weighted by Gasteiger charge is 2.23. The quantitative estimate of drug-likeness (QED) is 0.0217. The van der Waals surface area contributed by atoms with Crippen LogP contribution in [0.5, 0.6) is 0 Å². The molecule has 0 aliphatic heterocycles. The molecular formula is C100H102N26O7S. The van der Waals surface area contributed by atoms with Gasteiger partial charge in [0.05, 0.1) is 84.6 Å². The molecule has 134 heavy (non-hydrogen) atoms. The van der Waals surface area contributed by atoms with Crippen LogP contribution in [0.25, 0.3) is 84.3 Å². The van der Waals surface area contributed by atoms with Gasteiger partial charge in [0.2, 0.25) is 5.91 Å². The molecule has 33 nitrogen and oxygen atoms in total. The van der Waals surface area contributed by atoms with Crippen LogP contribution in [-0.4, -0.2) is 154 Å². The summed E-state index contributed by atoms with van der Waals surface area (Å²) in [7, 11) is -3.57. The molecule has 0 radical (unpaired) electrons. The Hall–Kier alpha value is -16.4. The number of sulfonamides is 1. The fourth-order valence-electron chi connectivity index (χ4n) is 14.2. The Balaban J connectivity index is 0.000000142. The first-order chi connectivity index (χ1) is 64.7. The van der Waals surface area contributed by atoms with Gasteiger partial charge in [-0.05, 0) is 211 Å². The molecule has 17 rings (SSSR count). The molecule has 34 heteroatoms. The minimum absolute atomic E-state index is 0.0977. The minimum atomic E-state index is -3.57. The maximum Gasteiger partial charge on any atom is 0.300 e. The van der Waals surface area contributed by atoms with Crippen molar-refractivity contribution in [1.29, 1.82) is 0 Å². The van der Waals surface area contributed by atoms with Crippen molar-refractivity contribution in [3.8, 4) is 64.6 Å². The van der Waals surface area contributed by atoms with E-state index in [-0.39, 0.29) is 41.6 Å². The number of aromatic nitrogens is 20. The van der Waals surface area contributed by atoms with E-state index in [0.29, 0.717) is 64.7 Å². The number of aliphatic hydroxyl groups is 1. The molecule has 1 unspecified atom stereocenters. The summed E-state index contributed by atoms with van der Waals surface area (Å²) in [5.74, 6) is 19.6. The number of anilines is 6. The van der Waals surface area contributed by atoms with Crippen LogP contribution < -0.4 is 30.9 Å². The van der Waals surface area contributed by atoms with Gasteiger partial charge in [-0.2, -0.15) is 0 Å². The predicted octanol–water partition coefficient (Wildman–Crippen LogP) is 15.5. The maximum absolute atomic E-state index is 11.7. The highest BCUT2D eigenvalue weighted by Crippen LogP contribution is 2.34. The Morgan fingerprint density at radius 3 is 1.32 bits per heavy atom. The van der Waals surface area contributed by atoms with E-state index in [0.717, 1.165) is 133 Å². The lowest BCUT2D eigenvalue weighted by Gasteiger charge is -2.19. The van der Waals surface area contributed by atoms with E-state index in [1.807, 2.05) is 91.1 Å². The van der Waals surface area contributed by atoms with Gasteiger partial charge in [0.1, 0.15) is 73.9 Å². The van der Waals surface area contributed by atoms with Crippen LogP contribution in [0.15, 0.2) is 234 Å². The average molecular weight is 1810 g/mol. The fourth-order valence-corrected chi connectivity index (χ4v) is 14.8. The van der Waals surface area contributed by atoms with Crippen LogP contribution in [-0.2, 0) is 54.9 Å². The van der Waals surface area contributed by atoms with Crippen molar-refractivity contribution >= 4 is 123 Å². The largest absolute Gasteiger partial charge is 0.396 e. The number of nitrogens with one attached hydrogen (secondary N) is 5. The van der Waals surface area contributed by atoms with Crippen molar-refractivity contribution in [1.82, 2.24) is 97.6 Å². The van der Waals surface area contributed by atoms with Crippen molar-refractivity contribution < 1.29 is 32.7 Å². The van der Waals surface area contributed by atoms with E-state index in [1.165, 1.54) is 42.8 Å². The Labute approximate surface area is 775 Å². The molecule has 680 valence electrons. The molecule has 16 aromatic rings. The number of rotatable bonds is 26. The highest BCUT2D eigenvalue weighted by atomic mass is 32.2. The van der Waals surface area contributed by atoms with Gasteiger partial charge in [-0.3, -0.25) is 56.7 Å². The molecule has 0 bridgehead atoms. The number of carbonyl (C=O) groups excluding carboxylic acids is 4. The van der Waals surface area contributed by atoms with Gasteiger partial charge >= 0.3 is 0 Å². The Morgan fingerprint density at radius 1 is 0.500 bits per heavy atom. The molecular weight excluding hydrogens is 1710 g/mol. The van der Waals surface area contributed by atoms with Crippen molar-refractivity contribution in [3.63, 3.8) is 0 Å². The molecule has 10 heterocycles. The summed E-state index contributed by atoms with van der Waals surface area (Å²) in [6, 6.07) is 41.4. The molecule has 1 aliphatic rings. The number of carbonyl (C=O) groups is 4. The zero-order valence-corrected chi connectivity index (χ0v) is 77.0. The standard InChI is InChI=1S/C22H19N5O.C21H23N5O2.C20H19N5O.C19H20N6O.C18H21N5O2S/c1-3-22(28)26-17-8-9-19-20(11-17)27(14-24-19)21-13-23-12-18(25-21)10-16-6-4-15(2)5-7-16;1-4-5-21(28)25-16-6-7-18-19(9-16)26(13-24-18)20-10-17(22-12-23-20)8-15(11-27)14(2)3;1-2-3-20(26)24-16-8-9-17-18(10-16)25(13-23-17)19-11-15(21-12-22-19)7-6-14-4-5-14;1-4-7-19(26)23-14-8-9-15-16(10-14)25(13-22-15)18-11-17(20-12-21-18)24(5-2)6-3;1-5-26(24,25)22-13-6-7-15-16(8-13)23(12-20-15)17-11-19-10-14(21-17)9-18(2,3)4/h3-9,11-14H,1,10H2,2H3,(H,26,28);6-7,9-10,12-15,27H,8,11H2,1-3H3,(H,25,28);8-14H,4-7H2,1H3,(H,24,26);8-13H,5-6H2,1-3H3,(H,23,26);5-8,10-12,22H,1,9H2,2-4H3. The van der Waals surface area contributed by atoms with Crippen molar-refractivity contribution in [2.75, 3.05) is 50.6 Å². The lowest BCUT2D eigenvalue weighted by Crippen LogP contribution is -2.23. The first kappa shape index (κ1) is 95.2. The van der Waals surface area contributed by atoms with Crippen LogP contribution in [0.3, 0.4) is 0 Å². The molecule has 1 saturated carbocycles. The third-order valence-corrected chi connectivity index (χ3v) is 22.2. The van der Waals surface area contributed by atoms with Crippen molar-refractivity contribution in [2.24, 2.45) is 23.2 Å². The molecule has 6 aromatic carbocycles. The summed E-state index contributed by atoms with van der Waals surface area (Å²) in [5, 5.41) is 21.5. The van der Waals surface area contributed by atoms with Gasteiger partial charge in [-0.25, -0.2) is 73.2 Å². The first-order valence-corrected chi connectivity index (χ1v) is 44.9. The number of amides is 4. The van der Waals surface area contributed by atoms with Crippen LogP contribution in [0.2, 0.25) is 0 Å². The van der Waals surface area contributed by atoms with Crippen LogP contribution in [0.4, 0.5) is 34.3 Å². The van der Waals surface area contributed by atoms with Gasteiger partial charge in [-0.1, -0.05) is 108 Å². The van der Waals surface area contributed by atoms with E-state index in [9.17, 15) is 32.7 Å². The normalized spacial score (nSPS) is 11.7. The summed E-state index contributed by atoms with van der Waals surface area (Å²) >= 11 is 0. The van der Waals surface area contributed by atoms with Gasteiger partial charge in [-0.15, -0.1) is 0 Å². The second kappa shape index (κ2) is 44.3. The summed E-state index contributed by atoms with van der Waals surface area (Å²) < 4.78 is 35.2. The second-order valence-corrected chi connectivity index (χ2v) is 34.4. The lowest BCUT2D eigenvalue weighted by molar-refractivity contribution is -0.112. The number of aryl methyl sites for hydroxylation is 2. The summed E-state index contributed by atoms with van der Waals surface area (Å²) in [6.07, 6.45) is 28.4. The number of hydrogen-bond donors (Lipinski definition) is 6. The Kier molecular flexibility index (Phi) is 31.5. The number of hydrogen-bond acceptors (Lipinski definition) is 23. The topological polar surface area (TPSA) is 404 Å². The third kappa shape index (κ3) is 25.6. The molecule has 1 fully saturated rings. The molecule has 6 N–H and O–H groups in total. The highest BCUT2D eigenvalue weighted by molar-refractivity contribution is 7.95. The molecule has 1 aliphatic carbocycles. The smallest absolute Gasteiger partial charge is 0.300 e. The van der Waals surface area contributed by atoms with Gasteiger partial charge in [0.25, 0.3) is 27.7 Å². The summed E-state index contributed by atoms with van der Waals surface area (Å²) in [5.41, 5.74) is 17.3. The fraction of sp³-hybridized carbons (Fsp3) is 0.250. The van der Waals surface area contributed by atoms with E-state index in [1.54, 1.807) is 131 Å². The van der Waals surface area contributed by atoms with Crippen LogP contribution in [0.1, 0.15) is 122 Å². The van der Waals surface area contributed by atoms with Gasteiger partial charge in [0.15, 0.2) is 11.6 Å². The molecule has 0 spiro atoms. The predicted molar refractivity (Wildman–Crippen MR) is 522 cm³/mol.